The number of nitrogens with two attached hydrogens (primary N) is 1. The predicted octanol–water partition coefficient (Wildman–Crippen LogP) is 3.19. The van der Waals surface area contributed by atoms with Crippen LogP contribution in [0.4, 0.5) is 0 Å². The highest BCUT2D eigenvalue weighted by Gasteiger charge is 2.42. The smallest absolute Gasteiger partial charge is 0.223 e. The number of likely N-dealkylation sites (tertiary alicyclic amines) is 1. The average molecular weight is 342 g/mol. The molecule has 1 heterocycles. The van der Waals surface area contributed by atoms with Crippen LogP contribution in [-0.2, 0) is 11.2 Å². The molecule has 3 atom stereocenters. The Morgan fingerprint density at radius 2 is 1.88 bits per heavy atom. The minimum Gasteiger partial charge on any atom is -0.342 e. The number of fused-ring (bicyclic) bond motifs is 1. The van der Waals surface area contributed by atoms with Crippen LogP contribution in [0.5, 0.6) is 0 Å². The predicted molar refractivity (Wildman–Crippen MR) is 99.4 cm³/mol. The van der Waals surface area contributed by atoms with E-state index in [4.69, 9.17) is 5.73 Å². The van der Waals surface area contributed by atoms with Gasteiger partial charge in [0.25, 0.3) is 0 Å². The highest BCUT2D eigenvalue weighted by atomic mass is 16.2. The number of carbonyl (C=O) groups excluding carboxylic acids is 2. The molecule has 3 unspecified atom stereocenters. The molecule has 25 heavy (non-hydrogen) atoms. The van der Waals surface area contributed by atoms with Gasteiger partial charge in [-0.05, 0) is 43.1 Å². The molecule has 1 saturated carbocycles. The fourth-order valence-electron chi connectivity index (χ4n) is 4.27. The number of rotatable bonds is 7. The first kappa shape index (κ1) is 18.1. The Morgan fingerprint density at radius 3 is 2.56 bits per heavy atom. The molecule has 3 rings (SSSR count). The molecule has 4 heteroatoms. The van der Waals surface area contributed by atoms with Gasteiger partial charge in [-0.3, -0.25) is 9.59 Å². The van der Waals surface area contributed by atoms with Crippen LogP contribution < -0.4 is 5.73 Å². The lowest BCUT2D eigenvalue weighted by atomic mass is 9.98. The zero-order chi connectivity index (χ0) is 17.8. The molecule has 136 valence electrons. The van der Waals surface area contributed by atoms with Crippen molar-refractivity contribution in [3.8, 4) is 0 Å². The Kier molecular flexibility index (Phi) is 5.89. The quantitative estimate of drug-likeness (QED) is 0.774. The van der Waals surface area contributed by atoms with Gasteiger partial charge in [0.05, 0.1) is 0 Å². The van der Waals surface area contributed by atoms with E-state index in [2.05, 4.69) is 6.92 Å². The topological polar surface area (TPSA) is 63.4 Å². The van der Waals surface area contributed by atoms with Gasteiger partial charge in [0.15, 0.2) is 5.78 Å². The molecule has 0 aromatic heterocycles. The van der Waals surface area contributed by atoms with Gasteiger partial charge in [-0.1, -0.05) is 37.6 Å². The van der Waals surface area contributed by atoms with E-state index in [-0.39, 0.29) is 17.7 Å². The van der Waals surface area contributed by atoms with Crippen LogP contribution in [0.15, 0.2) is 24.3 Å². The SMILES string of the molecule is CCCCc1ccc(C(=O)CCC(=O)N2CC3CCC(N)C3C2)cc1. The minimum absolute atomic E-state index is 0.0616. The second kappa shape index (κ2) is 8.13. The van der Waals surface area contributed by atoms with Gasteiger partial charge in [0.2, 0.25) is 5.91 Å². The summed E-state index contributed by atoms with van der Waals surface area (Å²) in [5.41, 5.74) is 8.12. The third kappa shape index (κ3) is 4.30. The van der Waals surface area contributed by atoms with Crippen LogP contribution in [-0.4, -0.2) is 35.7 Å². The maximum atomic E-state index is 12.4. The van der Waals surface area contributed by atoms with E-state index in [0.717, 1.165) is 32.4 Å². The Balaban J connectivity index is 1.46. The van der Waals surface area contributed by atoms with Crippen molar-refractivity contribution >= 4 is 11.7 Å². The van der Waals surface area contributed by atoms with Crippen molar-refractivity contribution in [2.75, 3.05) is 13.1 Å². The molecule has 1 saturated heterocycles. The summed E-state index contributed by atoms with van der Waals surface area (Å²) in [6.07, 6.45) is 6.23. The lowest BCUT2D eigenvalue weighted by Crippen LogP contribution is -2.33. The summed E-state index contributed by atoms with van der Waals surface area (Å²) in [5, 5.41) is 0. The van der Waals surface area contributed by atoms with Crippen molar-refractivity contribution in [2.45, 2.75) is 57.9 Å². The molecule has 0 bridgehead atoms. The van der Waals surface area contributed by atoms with Crippen LogP contribution >= 0.6 is 0 Å². The monoisotopic (exact) mass is 342 g/mol. The fourth-order valence-corrected chi connectivity index (χ4v) is 4.27. The van der Waals surface area contributed by atoms with E-state index in [1.807, 2.05) is 29.2 Å². The number of amides is 1. The molecule has 0 radical (unpaired) electrons. The van der Waals surface area contributed by atoms with Gasteiger partial charge in [-0.2, -0.15) is 0 Å². The van der Waals surface area contributed by atoms with E-state index in [0.29, 0.717) is 30.2 Å². The number of carbonyl (C=O) groups is 2. The number of hydrogen-bond acceptors (Lipinski definition) is 3. The first-order chi connectivity index (χ1) is 12.1. The fraction of sp³-hybridized carbons (Fsp3) is 0.619. The maximum Gasteiger partial charge on any atom is 0.223 e. The van der Waals surface area contributed by atoms with Gasteiger partial charge in [-0.15, -0.1) is 0 Å². The van der Waals surface area contributed by atoms with E-state index >= 15 is 0 Å². The van der Waals surface area contributed by atoms with Crippen molar-refractivity contribution in [3.05, 3.63) is 35.4 Å². The number of unbranched alkanes of at least 4 members (excludes halogenated alkanes) is 1. The Hall–Kier alpha value is -1.68. The largest absolute Gasteiger partial charge is 0.342 e. The lowest BCUT2D eigenvalue weighted by molar-refractivity contribution is -0.130. The van der Waals surface area contributed by atoms with Crippen molar-refractivity contribution < 1.29 is 9.59 Å². The molecular weight excluding hydrogens is 312 g/mol. The minimum atomic E-state index is 0.0616. The lowest BCUT2D eigenvalue weighted by Gasteiger charge is -2.18. The molecular formula is C21H30N2O2. The van der Waals surface area contributed by atoms with Crippen LogP contribution in [0.1, 0.15) is 61.4 Å². The van der Waals surface area contributed by atoms with Crippen LogP contribution in [0.25, 0.3) is 0 Å². The van der Waals surface area contributed by atoms with Gasteiger partial charge in [0.1, 0.15) is 0 Å². The van der Waals surface area contributed by atoms with Crippen LogP contribution in [0.3, 0.4) is 0 Å². The first-order valence-electron chi connectivity index (χ1n) is 9.74. The normalized spacial score (nSPS) is 25.2. The molecule has 1 aromatic carbocycles. The second-order valence-corrected chi connectivity index (χ2v) is 7.69. The summed E-state index contributed by atoms with van der Waals surface area (Å²) < 4.78 is 0. The molecule has 2 aliphatic rings. The summed E-state index contributed by atoms with van der Waals surface area (Å²) in [4.78, 5) is 26.7. The first-order valence-corrected chi connectivity index (χ1v) is 9.74. The molecule has 1 aromatic rings. The van der Waals surface area contributed by atoms with Crippen LogP contribution in [0, 0.1) is 11.8 Å². The van der Waals surface area contributed by atoms with Crippen LogP contribution in [0.2, 0.25) is 0 Å². The zero-order valence-corrected chi connectivity index (χ0v) is 15.2. The molecule has 0 spiro atoms. The summed E-state index contributed by atoms with van der Waals surface area (Å²) in [6, 6.07) is 8.12. The number of nitrogens with zero attached hydrogens (tertiary/aromatic N) is 1. The number of ketones is 1. The third-order valence-corrected chi connectivity index (χ3v) is 5.93. The van der Waals surface area contributed by atoms with Crippen molar-refractivity contribution in [2.24, 2.45) is 17.6 Å². The Labute approximate surface area is 150 Å². The highest BCUT2D eigenvalue weighted by molar-refractivity contribution is 5.98. The highest BCUT2D eigenvalue weighted by Crippen LogP contribution is 2.37. The Morgan fingerprint density at radius 1 is 1.12 bits per heavy atom. The standard InChI is InChI=1S/C21H30N2O2/c1-2-3-4-15-5-7-16(8-6-15)20(24)11-12-21(25)23-13-17-9-10-19(22)18(17)14-23/h5-8,17-19H,2-4,9-14,22H2,1H3. The van der Waals surface area contributed by atoms with Gasteiger partial charge < -0.3 is 10.6 Å². The molecule has 1 aliphatic heterocycles. The number of hydrogen-bond donors (Lipinski definition) is 1. The van der Waals surface area contributed by atoms with Crippen molar-refractivity contribution in [1.29, 1.82) is 0 Å². The third-order valence-electron chi connectivity index (χ3n) is 5.93. The summed E-state index contributed by atoms with van der Waals surface area (Å²) in [6.45, 7) is 3.79. The summed E-state index contributed by atoms with van der Waals surface area (Å²) in [7, 11) is 0. The molecule has 4 nitrogen and oxygen atoms in total. The van der Waals surface area contributed by atoms with Gasteiger partial charge in [0, 0.05) is 37.5 Å². The van der Waals surface area contributed by atoms with E-state index in [9.17, 15) is 9.59 Å². The maximum absolute atomic E-state index is 12.4. The molecule has 1 amide bonds. The number of Topliss-reactive ketones (excluding diaryl/α,β-unsaturated/α-hetero) is 1. The van der Waals surface area contributed by atoms with E-state index < -0.39 is 0 Å². The summed E-state index contributed by atoms with van der Waals surface area (Å²) in [5.74, 6) is 1.21. The van der Waals surface area contributed by atoms with Crippen molar-refractivity contribution in [1.82, 2.24) is 4.90 Å². The zero-order valence-electron chi connectivity index (χ0n) is 15.2. The molecule has 2 N–H and O–H groups in total. The van der Waals surface area contributed by atoms with Crippen molar-refractivity contribution in [3.63, 3.8) is 0 Å². The average Bonchev–Trinajstić information content (AvgIpc) is 3.20. The Bertz CT molecular complexity index is 611. The number of benzene rings is 1. The van der Waals surface area contributed by atoms with E-state index in [1.165, 1.54) is 18.4 Å². The second-order valence-electron chi connectivity index (χ2n) is 7.69. The summed E-state index contributed by atoms with van der Waals surface area (Å²) >= 11 is 0. The van der Waals surface area contributed by atoms with E-state index in [1.54, 1.807) is 0 Å². The molecule has 2 fully saturated rings. The van der Waals surface area contributed by atoms with Gasteiger partial charge >= 0.3 is 0 Å². The van der Waals surface area contributed by atoms with Gasteiger partial charge in [-0.25, -0.2) is 0 Å². The molecule has 1 aliphatic carbocycles. The number of aryl methyl sites for hydroxylation is 1.